The van der Waals surface area contributed by atoms with E-state index in [0.29, 0.717) is 13.1 Å². The van der Waals surface area contributed by atoms with Crippen LogP contribution in [0.5, 0.6) is 0 Å². The third kappa shape index (κ3) is 4.17. The van der Waals surface area contributed by atoms with Crippen LogP contribution >= 0.6 is 22.9 Å². The van der Waals surface area contributed by atoms with Gasteiger partial charge in [0, 0.05) is 16.8 Å². The van der Waals surface area contributed by atoms with Crippen molar-refractivity contribution in [3.05, 3.63) is 57.4 Å². The number of thiophene rings is 1. The molecule has 0 radical (unpaired) electrons. The second-order valence-electron chi connectivity index (χ2n) is 5.85. The summed E-state index contributed by atoms with van der Waals surface area (Å²) in [5, 5.41) is 4.02. The highest BCUT2D eigenvalue weighted by atomic mass is 35.5. The molecule has 0 unspecified atom stereocenters. The molecule has 24 heavy (non-hydrogen) atoms. The molecule has 3 aromatic rings. The number of halogens is 1. The summed E-state index contributed by atoms with van der Waals surface area (Å²) >= 11 is 7.46. The molecule has 126 valence electrons. The Bertz CT molecular complexity index is 809. The molecule has 0 spiro atoms. The van der Waals surface area contributed by atoms with Crippen LogP contribution in [0, 0.1) is 0 Å². The molecule has 0 saturated heterocycles. The fraction of sp³-hybridized carbons (Fsp3) is 0.278. The Balaban J connectivity index is 1.55. The second-order valence-corrected chi connectivity index (χ2v) is 7.65. The molecule has 0 aliphatic heterocycles. The van der Waals surface area contributed by atoms with Gasteiger partial charge in [0.25, 0.3) is 0 Å². The minimum atomic E-state index is -0.172. The maximum Gasteiger partial charge on any atom is 0.234 e. The van der Waals surface area contributed by atoms with Crippen LogP contribution in [-0.4, -0.2) is 24.4 Å². The summed E-state index contributed by atoms with van der Waals surface area (Å²) < 4.78 is 6.56. The number of fused-ring (bicyclic) bond motifs is 1. The van der Waals surface area contributed by atoms with Crippen LogP contribution in [0.2, 0.25) is 4.34 Å². The van der Waals surface area contributed by atoms with Crippen molar-refractivity contribution in [1.82, 2.24) is 10.2 Å². The first-order valence-electron chi connectivity index (χ1n) is 7.72. The molecule has 2 aromatic heterocycles. The van der Waals surface area contributed by atoms with Gasteiger partial charge in [0.05, 0.1) is 16.9 Å². The van der Waals surface area contributed by atoms with E-state index in [1.165, 1.54) is 11.3 Å². The van der Waals surface area contributed by atoms with Gasteiger partial charge in [0.1, 0.15) is 11.3 Å². The number of para-hydroxylation sites is 1. The second kappa shape index (κ2) is 7.38. The molecular weight excluding hydrogens is 344 g/mol. The minimum absolute atomic E-state index is 0.0342. The maximum absolute atomic E-state index is 12.2. The molecule has 1 atom stereocenters. The number of furan rings is 1. The smallest absolute Gasteiger partial charge is 0.234 e. The zero-order chi connectivity index (χ0) is 17.1. The molecule has 0 aliphatic carbocycles. The number of carbonyl (C=O) groups is 1. The number of carbonyl (C=O) groups excluding carboxylic acids is 1. The van der Waals surface area contributed by atoms with Gasteiger partial charge in [-0.1, -0.05) is 29.8 Å². The van der Waals surface area contributed by atoms with E-state index < -0.39 is 0 Å². The lowest BCUT2D eigenvalue weighted by molar-refractivity contribution is -0.122. The van der Waals surface area contributed by atoms with Crippen molar-refractivity contribution in [2.24, 2.45) is 0 Å². The number of likely N-dealkylation sites (N-methyl/N-ethyl adjacent to an activating group) is 1. The first-order valence-corrected chi connectivity index (χ1v) is 8.91. The first kappa shape index (κ1) is 17.0. The highest BCUT2D eigenvalue weighted by molar-refractivity contribution is 7.16. The summed E-state index contributed by atoms with van der Waals surface area (Å²) in [6.45, 7) is 2.94. The van der Waals surface area contributed by atoms with Crippen molar-refractivity contribution in [1.29, 1.82) is 0 Å². The van der Waals surface area contributed by atoms with E-state index in [0.717, 1.165) is 25.9 Å². The monoisotopic (exact) mass is 362 g/mol. The van der Waals surface area contributed by atoms with Crippen LogP contribution in [0.1, 0.15) is 23.6 Å². The topological polar surface area (TPSA) is 45.5 Å². The predicted octanol–water partition coefficient (Wildman–Crippen LogP) is 4.46. The van der Waals surface area contributed by atoms with Gasteiger partial charge in [0.15, 0.2) is 0 Å². The number of hydrogen-bond donors (Lipinski definition) is 1. The van der Waals surface area contributed by atoms with Gasteiger partial charge in [-0.15, -0.1) is 11.3 Å². The van der Waals surface area contributed by atoms with Crippen molar-refractivity contribution in [3.8, 4) is 0 Å². The van der Waals surface area contributed by atoms with Gasteiger partial charge in [0.2, 0.25) is 5.91 Å². The van der Waals surface area contributed by atoms with E-state index in [2.05, 4.69) is 5.32 Å². The van der Waals surface area contributed by atoms with Gasteiger partial charge in [-0.05, 0) is 38.2 Å². The van der Waals surface area contributed by atoms with Gasteiger partial charge in [-0.2, -0.15) is 0 Å². The van der Waals surface area contributed by atoms with Crippen LogP contribution in [0.4, 0.5) is 0 Å². The lowest BCUT2D eigenvalue weighted by Gasteiger charge is -2.17. The molecule has 1 amide bonds. The molecular formula is C18H19ClN2O2S. The third-order valence-electron chi connectivity index (χ3n) is 3.72. The van der Waals surface area contributed by atoms with E-state index in [-0.39, 0.29) is 11.9 Å². The van der Waals surface area contributed by atoms with Gasteiger partial charge in [-0.3, -0.25) is 9.69 Å². The standard InChI is InChI=1S/C18H19ClN2O2S/c1-12(16-9-13-5-3-4-6-15(13)23-16)20-18(22)11-21(2)10-14-7-8-17(19)24-14/h3-9,12H,10-11H2,1-2H3,(H,20,22)/t12-/m0/s1. The molecule has 3 rings (SSSR count). The fourth-order valence-electron chi connectivity index (χ4n) is 2.58. The van der Waals surface area contributed by atoms with Crippen molar-refractivity contribution >= 4 is 39.8 Å². The summed E-state index contributed by atoms with van der Waals surface area (Å²) in [5.41, 5.74) is 0.834. The fourth-order valence-corrected chi connectivity index (χ4v) is 3.75. The Kier molecular flexibility index (Phi) is 5.23. The maximum atomic E-state index is 12.2. The molecule has 1 aromatic carbocycles. The molecule has 2 heterocycles. The van der Waals surface area contributed by atoms with Crippen LogP contribution in [0.25, 0.3) is 11.0 Å². The van der Waals surface area contributed by atoms with Crippen LogP contribution in [0.15, 0.2) is 46.9 Å². The largest absolute Gasteiger partial charge is 0.459 e. The van der Waals surface area contributed by atoms with E-state index in [1.807, 2.05) is 61.3 Å². The molecule has 6 heteroatoms. The Hall–Kier alpha value is -1.82. The number of benzene rings is 1. The first-order chi connectivity index (χ1) is 11.5. The molecule has 0 saturated carbocycles. The van der Waals surface area contributed by atoms with Gasteiger partial charge < -0.3 is 9.73 Å². The Morgan fingerprint density at radius 1 is 1.33 bits per heavy atom. The quantitative estimate of drug-likeness (QED) is 0.704. The molecule has 0 aliphatic rings. The SMILES string of the molecule is C[C@H](NC(=O)CN(C)Cc1ccc(Cl)s1)c1cc2ccccc2o1. The summed E-state index contributed by atoms with van der Waals surface area (Å²) in [4.78, 5) is 15.3. The molecule has 1 N–H and O–H groups in total. The van der Waals surface area contributed by atoms with Crippen molar-refractivity contribution < 1.29 is 9.21 Å². The lowest BCUT2D eigenvalue weighted by atomic mass is 10.2. The van der Waals surface area contributed by atoms with E-state index in [9.17, 15) is 4.79 Å². The van der Waals surface area contributed by atoms with Crippen LogP contribution in [0.3, 0.4) is 0 Å². The van der Waals surface area contributed by atoms with E-state index in [1.54, 1.807) is 0 Å². The third-order valence-corrected chi connectivity index (χ3v) is 4.93. The summed E-state index contributed by atoms with van der Waals surface area (Å²) in [5.74, 6) is 0.727. The van der Waals surface area contributed by atoms with Crippen molar-refractivity contribution in [3.63, 3.8) is 0 Å². The highest BCUT2D eigenvalue weighted by Crippen LogP contribution is 2.24. The minimum Gasteiger partial charge on any atom is -0.459 e. The molecule has 0 bridgehead atoms. The lowest BCUT2D eigenvalue weighted by Crippen LogP contribution is -2.36. The average Bonchev–Trinajstić information content (AvgIpc) is 3.12. The number of amides is 1. The zero-order valence-electron chi connectivity index (χ0n) is 13.6. The Morgan fingerprint density at radius 3 is 2.83 bits per heavy atom. The van der Waals surface area contributed by atoms with Gasteiger partial charge >= 0.3 is 0 Å². The zero-order valence-corrected chi connectivity index (χ0v) is 15.2. The van der Waals surface area contributed by atoms with Crippen LogP contribution in [-0.2, 0) is 11.3 Å². The van der Waals surface area contributed by atoms with Crippen molar-refractivity contribution in [2.75, 3.05) is 13.6 Å². The Labute approximate surface area is 150 Å². The number of nitrogens with zero attached hydrogens (tertiary/aromatic N) is 1. The number of rotatable bonds is 6. The van der Waals surface area contributed by atoms with E-state index in [4.69, 9.17) is 16.0 Å². The normalized spacial score (nSPS) is 12.7. The summed E-state index contributed by atoms with van der Waals surface area (Å²) in [7, 11) is 1.92. The summed E-state index contributed by atoms with van der Waals surface area (Å²) in [6.07, 6.45) is 0. The van der Waals surface area contributed by atoms with Gasteiger partial charge in [-0.25, -0.2) is 0 Å². The Morgan fingerprint density at radius 2 is 2.12 bits per heavy atom. The van der Waals surface area contributed by atoms with E-state index >= 15 is 0 Å². The molecule has 0 fully saturated rings. The highest BCUT2D eigenvalue weighted by Gasteiger charge is 2.15. The van der Waals surface area contributed by atoms with Crippen LogP contribution < -0.4 is 5.32 Å². The predicted molar refractivity (Wildman–Crippen MR) is 98.4 cm³/mol. The number of hydrogen-bond acceptors (Lipinski definition) is 4. The molecule has 4 nitrogen and oxygen atoms in total. The summed E-state index contributed by atoms with van der Waals surface area (Å²) in [6, 6.07) is 13.5. The number of nitrogens with one attached hydrogen (secondary N) is 1. The van der Waals surface area contributed by atoms with Crippen molar-refractivity contribution in [2.45, 2.75) is 19.5 Å². The average molecular weight is 363 g/mol.